The third kappa shape index (κ3) is 41.1. The molecule has 0 amide bonds. The van der Waals surface area contributed by atoms with E-state index in [1.165, 1.54) is 38.5 Å². The molecule has 0 saturated carbocycles. The van der Waals surface area contributed by atoms with E-state index in [0.29, 0.717) is 12.8 Å². The molecular formula is C49H76O6. The van der Waals surface area contributed by atoms with Crippen molar-refractivity contribution in [2.45, 2.75) is 168 Å². The smallest absolute Gasteiger partial charge is 0.306 e. The second kappa shape index (κ2) is 42.8. The molecule has 308 valence electrons. The average molecular weight is 761 g/mol. The Balaban J connectivity index is 4.62. The molecule has 0 bridgehead atoms. The standard InChI is InChI=1S/C49H76O6/c1-4-7-10-13-16-19-22-24-27-30-33-36-39-42-48(51)54-45-46(44-53-47(50)41-38-35-32-29-26-21-18-15-12-9-6-3)55-49(52)43-40-37-34-31-28-25-23-20-17-14-11-8-5-2/h7,9-10,12-13,16,18-19,21-22,24-25,27-29,32,34,37,46H,4-6,8,11,14-15,17,20,23,26,30-31,33,35-36,38-45H2,1-3H3/b10-7-,12-9-,16-13-,21-18-,22-19-,27-24-,28-25-,32-29-,37-34-. The summed E-state index contributed by atoms with van der Waals surface area (Å²) in [5.41, 5.74) is 0. The molecule has 0 spiro atoms. The highest BCUT2D eigenvalue weighted by Crippen LogP contribution is 2.10. The molecule has 0 saturated heterocycles. The van der Waals surface area contributed by atoms with Crippen LogP contribution < -0.4 is 0 Å². The summed E-state index contributed by atoms with van der Waals surface area (Å²) in [7, 11) is 0. The summed E-state index contributed by atoms with van der Waals surface area (Å²) in [6.45, 7) is 6.19. The van der Waals surface area contributed by atoms with Gasteiger partial charge in [-0.3, -0.25) is 14.4 Å². The van der Waals surface area contributed by atoms with E-state index >= 15 is 0 Å². The van der Waals surface area contributed by atoms with Gasteiger partial charge in [0.05, 0.1) is 0 Å². The lowest BCUT2D eigenvalue weighted by atomic mass is 10.1. The largest absolute Gasteiger partial charge is 0.462 e. The van der Waals surface area contributed by atoms with Crippen LogP contribution in [0.25, 0.3) is 0 Å². The molecule has 0 radical (unpaired) electrons. The highest BCUT2D eigenvalue weighted by molar-refractivity contribution is 5.71. The van der Waals surface area contributed by atoms with Gasteiger partial charge in [0.1, 0.15) is 13.2 Å². The lowest BCUT2D eigenvalue weighted by molar-refractivity contribution is -0.166. The summed E-state index contributed by atoms with van der Waals surface area (Å²) in [5.74, 6) is -1.12. The topological polar surface area (TPSA) is 78.9 Å². The van der Waals surface area contributed by atoms with E-state index in [9.17, 15) is 14.4 Å². The number of hydrogen-bond acceptors (Lipinski definition) is 6. The fraction of sp³-hybridized carbons (Fsp3) is 0.571. The van der Waals surface area contributed by atoms with Gasteiger partial charge in [-0.05, 0) is 83.5 Å². The third-order valence-corrected chi connectivity index (χ3v) is 8.35. The first-order chi connectivity index (χ1) is 27.0. The first-order valence-electron chi connectivity index (χ1n) is 21.4. The number of rotatable bonds is 36. The number of esters is 3. The number of ether oxygens (including phenoxy) is 3. The predicted molar refractivity (Wildman–Crippen MR) is 233 cm³/mol. The Bertz CT molecular complexity index is 1200. The second-order valence-electron chi connectivity index (χ2n) is 13.6. The Kier molecular flexibility index (Phi) is 39.7. The van der Waals surface area contributed by atoms with Crippen LogP contribution in [0.4, 0.5) is 0 Å². The van der Waals surface area contributed by atoms with Gasteiger partial charge in [0.15, 0.2) is 6.10 Å². The fourth-order valence-electron chi connectivity index (χ4n) is 5.17. The van der Waals surface area contributed by atoms with Crippen LogP contribution >= 0.6 is 0 Å². The highest BCUT2D eigenvalue weighted by Gasteiger charge is 2.19. The Morgan fingerprint density at radius 2 is 0.855 bits per heavy atom. The summed E-state index contributed by atoms with van der Waals surface area (Å²) in [4.78, 5) is 37.6. The normalized spacial score (nSPS) is 13.1. The molecule has 0 N–H and O–H groups in total. The van der Waals surface area contributed by atoms with Crippen molar-refractivity contribution in [3.8, 4) is 0 Å². The van der Waals surface area contributed by atoms with Crippen molar-refractivity contribution in [1.82, 2.24) is 0 Å². The van der Waals surface area contributed by atoms with Crippen LogP contribution in [-0.4, -0.2) is 37.2 Å². The van der Waals surface area contributed by atoms with Crippen LogP contribution in [0.2, 0.25) is 0 Å². The van der Waals surface area contributed by atoms with Crippen LogP contribution in [0.1, 0.15) is 162 Å². The molecule has 0 heterocycles. The molecule has 0 aromatic heterocycles. The zero-order valence-electron chi connectivity index (χ0n) is 34.9. The van der Waals surface area contributed by atoms with Crippen molar-refractivity contribution in [3.63, 3.8) is 0 Å². The van der Waals surface area contributed by atoms with E-state index in [1.54, 1.807) is 0 Å². The van der Waals surface area contributed by atoms with E-state index < -0.39 is 12.1 Å². The maximum Gasteiger partial charge on any atom is 0.306 e. The lowest BCUT2D eigenvalue weighted by Crippen LogP contribution is -2.30. The molecule has 0 aromatic carbocycles. The second-order valence-corrected chi connectivity index (χ2v) is 13.6. The van der Waals surface area contributed by atoms with Crippen LogP contribution in [-0.2, 0) is 28.6 Å². The zero-order valence-corrected chi connectivity index (χ0v) is 34.9. The number of carbonyl (C=O) groups is 3. The predicted octanol–water partition coefficient (Wildman–Crippen LogP) is 13.6. The van der Waals surface area contributed by atoms with Crippen LogP contribution in [0, 0.1) is 0 Å². The van der Waals surface area contributed by atoms with Gasteiger partial charge in [-0.15, -0.1) is 0 Å². The molecule has 55 heavy (non-hydrogen) atoms. The molecule has 0 aliphatic heterocycles. The molecule has 0 aliphatic carbocycles. The summed E-state index contributed by atoms with van der Waals surface area (Å²) in [6.07, 6.45) is 56.7. The summed E-state index contributed by atoms with van der Waals surface area (Å²) >= 11 is 0. The van der Waals surface area contributed by atoms with Crippen molar-refractivity contribution in [1.29, 1.82) is 0 Å². The average Bonchev–Trinajstić information content (AvgIpc) is 3.18. The molecule has 0 fully saturated rings. The van der Waals surface area contributed by atoms with E-state index in [-0.39, 0.29) is 44.4 Å². The van der Waals surface area contributed by atoms with E-state index in [4.69, 9.17) is 14.2 Å². The maximum atomic E-state index is 12.7. The van der Waals surface area contributed by atoms with Gasteiger partial charge >= 0.3 is 17.9 Å². The number of allylic oxidation sites excluding steroid dienone is 18. The van der Waals surface area contributed by atoms with Gasteiger partial charge in [0, 0.05) is 19.3 Å². The van der Waals surface area contributed by atoms with E-state index in [0.717, 1.165) is 70.6 Å². The van der Waals surface area contributed by atoms with Crippen LogP contribution in [0.3, 0.4) is 0 Å². The van der Waals surface area contributed by atoms with E-state index in [2.05, 4.69) is 87.6 Å². The lowest BCUT2D eigenvalue weighted by Gasteiger charge is -2.18. The summed E-state index contributed by atoms with van der Waals surface area (Å²) < 4.78 is 16.5. The Morgan fingerprint density at radius 3 is 1.47 bits per heavy atom. The maximum absolute atomic E-state index is 12.7. The van der Waals surface area contributed by atoms with Gasteiger partial charge in [-0.1, -0.05) is 169 Å². The van der Waals surface area contributed by atoms with Gasteiger partial charge in [-0.2, -0.15) is 0 Å². The highest BCUT2D eigenvalue weighted by atomic mass is 16.6. The molecule has 1 atom stereocenters. The molecule has 0 aliphatic rings. The minimum atomic E-state index is -0.844. The minimum Gasteiger partial charge on any atom is -0.462 e. The van der Waals surface area contributed by atoms with Crippen molar-refractivity contribution >= 4 is 17.9 Å². The monoisotopic (exact) mass is 761 g/mol. The summed E-state index contributed by atoms with van der Waals surface area (Å²) in [6, 6.07) is 0. The molecule has 6 nitrogen and oxygen atoms in total. The third-order valence-electron chi connectivity index (χ3n) is 8.35. The van der Waals surface area contributed by atoms with Gasteiger partial charge < -0.3 is 14.2 Å². The number of carbonyl (C=O) groups excluding carboxylic acids is 3. The van der Waals surface area contributed by atoms with E-state index in [1.807, 2.05) is 42.5 Å². The SMILES string of the molecule is CC\C=C/C=C\C=C/C=C\CCCCCC(=O)OCC(COC(=O)CCC/C=C\C/C=C\C/C=C\CC)OC(=O)CC/C=C\C/C=C\CCCCCCCC. The fourth-order valence-corrected chi connectivity index (χ4v) is 5.17. The number of hydrogen-bond donors (Lipinski definition) is 0. The van der Waals surface area contributed by atoms with Crippen molar-refractivity contribution in [3.05, 3.63) is 109 Å². The quantitative estimate of drug-likeness (QED) is 0.0208. The minimum absolute atomic E-state index is 0.140. The molecule has 0 aromatic rings. The van der Waals surface area contributed by atoms with Crippen molar-refractivity contribution in [2.24, 2.45) is 0 Å². The molecule has 6 heteroatoms. The molecule has 0 rings (SSSR count). The van der Waals surface area contributed by atoms with Crippen molar-refractivity contribution in [2.75, 3.05) is 13.2 Å². The van der Waals surface area contributed by atoms with Crippen LogP contribution in [0.15, 0.2) is 109 Å². The van der Waals surface area contributed by atoms with Crippen LogP contribution in [0.5, 0.6) is 0 Å². The Morgan fingerprint density at radius 1 is 0.400 bits per heavy atom. The molecule has 1 unspecified atom stereocenters. The van der Waals surface area contributed by atoms with Gasteiger partial charge in [0.2, 0.25) is 0 Å². The summed E-state index contributed by atoms with van der Waals surface area (Å²) in [5, 5.41) is 0. The van der Waals surface area contributed by atoms with Gasteiger partial charge in [-0.25, -0.2) is 0 Å². The molecular weight excluding hydrogens is 685 g/mol. The number of unbranched alkanes of at least 4 members (excludes halogenated alkanes) is 10. The first-order valence-corrected chi connectivity index (χ1v) is 21.4. The zero-order chi connectivity index (χ0) is 40.1. The Hall–Kier alpha value is -3.93. The first kappa shape index (κ1) is 51.1. The Labute approximate surface area is 336 Å². The van der Waals surface area contributed by atoms with Crippen molar-refractivity contribution < 1.29 is 28.6 Å². The van der Waals surface area contributed by atoms with Gasteiger partial charge in [0.25, 0.3) is 0 Å².